The number of anilines is 1. The van der Waals surface area contributed by atoms with Gasteiger partial charge in [-0.2, -0.15) is 0 Å². The van der Waals surface area contributed by atoms with Crippen LogP contribution in [0, 0.1) is 13.8 Å². The van der Waals surface area contributed by atoms with Crippen molar-refractivity contribution in [1.29, 1.82) is 0 Å². The lowest BCUT2D eigenvalue weighted by molar-refractivity contribution is 0.117. The molecule has 19 heavy (non-hydrogen) atoms. The van der Waals surface area contributed by atoms with Crippen molar-refractivity contribution in [3.8, 4) is 0 Å². The second-order valence-corrected chi connectivity index (χ2v) is 6.76. The molecule has 1 saturated heterocycles. The molecule has 6 heteroatoms. The molecule has 0 aromatic heterocycles. The second-order valence-electron chi connectivity index (χ2n) is 5.05. The molecular weight excluding hydrogens is 264 g/mol. The molecule has 1 aliphatic rings. The maximum atomic E-state index is 12.3. The predicted octanol–water partition coefficient (Wildman–Crippen LogP) is 1.34. The van der Waals surface area contributed by atoms with Gasteiger partial charge < -0.3 is 10.5 Å². The van der Waals surface area contributed by atoms with Gasteiger partial charge in [0.1, 0.15) is 0 Å². The average molecular weight is 284 g/mol. The number of nitrogen functional groups attached to an aromatic ring is 1. The molecule has 1 fully saturated rings. The lowest BCUT2D eigenvalue weighted by Gasteiger charge is -2.17. The zero-order valence-corrected chi connectivity index (χ0v) is 12.3. The molecule has 0 spiro atoms. The van der Waals surface area contributed by atoms with Gasteiger partial charge in [0.25, 0.3) is 0 Å². The van der Waals surface area contributed by atoms with Gasteiger partial charge in [0.15, 0.2) is 0 Å². The Labute approximate surface area is 114 Å². The van der Waals surface area contributed by atoms with E-state index in [9.17, 15) is 8.42 Å². The highest BCUT2D eigenvalue weighted by molar-refractivity contribution is 7.89. The fourth-order valence-corrected chi connectivity index (χ4v) is 3.62. The first-order chi connectivity index (χ1) is 8.81. The van der Waals surface area contributed by atoms with E-state index >= 15 is 0 Å². The van der Waals surface area contributed by atoms with E-state index in [0.717, 1.165) is 11.1 Å². The number of nitrogens with two attached hydrogens (primary N) is 1. The van der Waals surface area contributed by atoms with Crippen LogP contribution in [0.3, 0.4) is 0 Å². The molecule has 2 atom stereocenters. The van der Waals surface area contributed by atoms with Crippen molar-refractivity contribution in [3.63, 3.8) is 0 Å². The van der Waals surface area contributed by atoms with Crippen LogP contribution in [0.2, 0.25) is 0 Å². The van der Waals surface area contributed by atoms with Crippen LogP contribution in [0.4, 0.5) is 5.69 Å². The summed E-state index contributed by atoms with van der Waals surface area (Å²) in [5.41, 5.74) is 8.12. The third kappa shape index (κ3) is 2.91. The van der Waals surface area contributed by atoms with Crippen molar-refractivity contribution in [2.45, 2.75) is 44.2 Å². The van der Waals surface area contributed by atoms with E-state index in [1.165, 1.54) is 6.07 Å². The zero-order valence-electron chi connectivity index (χ0n) is 11.4. The van der Waals surface area contributed by atoms with Crippen LogP contribution in [-0.4, -0.2) is 27.2 Å². The molecule has 1 aliphatic heterocycles. The molecular formula is C13H20N2O3S. The number of rotatable bonds is 3. The second kappa shape index (κ2) is 5.11. The Morgan fingerprint density at radius 2 is 2.05 bits per heavy atom. The Balaban J connectivity index is 2.29. The summed E-state index contributed by atoms with van der Waals surface area (Å²) in [5.74, 6) is 0. The van der Waals surface area contributed by atoms with E-state index in [1.54, 1.807) is 6.07 Å². The number of hydrogen-bond donors (Lipinski definition) is 2. The smallest absolute Gasteiger partial charge is 0.240 e. The van der Waals surface area contributed by atoms with Crippen molar-refractivity contribution in [2.24, 2.45) is 0 Å². The number of sulfonamides is 1. The van der Waals surface area contributed by atoms with Crippen LogP contribution in [-0.2, 0) is 14.8 Å². The minimum Gasteiger partial charge on any atom is -0.398 e. The summed E-state index contributed by atoms with van der Waals surface area (Å²) in [5, 5.41) is 0. The van der Waals surface area contributed by atoms with Gasteiger partial charge >= 0.3 is 0 Å². The SMILES string of the molecule is Cc1cc(S(=O)(=O)NC2CCOC2C)cc(N)c1C. The number of ether oxygens (including phenoxy) is 1. The standard InChI is InChI=1S/C13H20N2O3S/c1-8-6-11(7-12(14)9(8)2)19(16,17)15-13-4-5-18-10(13)3/h6-7,10,13,15H,4-5,14H2,1-3H3. The topological polar surface area (TPSA) is 81.4 Å². The van der Waals surface area contributed by atoms with Crippen LogP contribution < -0.4 is 10.5 Å². The van der Waals surface area contributed by atoms with Gasteiger partial charge in [-0.25, -0.2) is 13.1 Å². The Morgan fingerprint density at radius 1 is 1.37 bits per heavy atom. The molecule has 1 aromatic carbocycles. The van der Waals surface area contributed by atoms with E-state index in [0.29, 0.717) is 18.7 Å². The van der Waals surface area contributed by atoms with E-state index in [1.807, 2.05) is 20.8 Å². The van der Waals surface area contributed by atoms with E-state index in [2.05, 4.69) is 4.72 Å². The number of benzene rings is 1. The molecule has 2 unspecified atom stereocenters. The van der Waals surface area contributed by atoms with E-state index < -0.39 is 10.0 Å². The minimum atomic E-state index is -3.55. The van der Waals surface area contributed by atoms with Gasteiger partial charge in [0, 0.05) is 12.3 Å². The molecule has 1 aromatic rings. The molecule has 0 aliphatic carbocycles. The first-order valence-electron chi connectivity index (χ1n) is 6.32. The fourth-order valence-electron chi connectivity index (χ4n) is 2.16. The summed E-state index contributed by atoms with van der Waals surface area (Å²) in [7, 11) is -3.55. The maximum absolute atomic E-state index is 12.3. The average Bonchev–Trinajstić information content (AvgIpc) is 2.70. The molecule has 0 saturated carbocycles. The minimum absolute atomic E-state index is 0.0985. The molecule has 3 N–H and O–H groups in total. The summed E-state index contributed by atoms with van der Waals surface area (Å²) in [6, 6.07) is 2.98. The number of nitrogens with one attached hydrogen (secondary N) is 1. The first-order valence-corrected chi connectivity index (χ1v) is 7.80. The maximum Gasteiger partial charge on any atom is 0.240 e. The normalized spacial score (nSPS) is 23.7. The summed E-state index contributed by atoms with van der Waals surface area (Å²) in [6.07, 6.45) is 0.597. The molecule has 0 bridgehead atoms. The zero-order chi connectivity index (χ0) is 14.2. The van der Waals surface area contributed by atoms with Crippen molar-refractivity contribution >= 4 is 15.7 Å². The van der Waals surface area contributed by atoms with E-state index in [4.69, 9.17) is 10.5 Å². The van der Waals surface area contributed by atoms with Gasteiger partial charge in [0.05, 0.1) is 17.0 Å². The Kier molecular flexibility index (Phi) is 3.85. The fraction of sp³-hybridized carbons (Fsp3) is 0.538. The van der Waals surface area contributed by atoms with Crippen LogP contribution in [0.1, 0.15) is 24.5 Å². The van der Waals surface area contributed by atoms with Crippen molar-refractivity contribution in [1.82, 2.24) is 4.72 Å². The first kappa shape index (κ1) is 14.3. The van der Waals surface area contributed by atoms with Crippen LogP contribution in [0.25, 0.3) is 0 Å². The van der Waals surface area contributed by atoms with Gasteiger partial charge in [-0.1, -0.05) is 0 Å². The number of hydrogen-bond acceptors (Lipinski definition) is 4. The summed E-state index contributed by atoms with van der Waals surface area (Å²) >= 11 is 0. The third-order valence-electron chi connectivity index (χ3n) is 3.67. The highest BCUT2D eigenvalue weighted by atomic mass is 32.2. The Bertz CT molecular complexity index is 561. The monoisotopic (exact) mass is 284 g/mol. The lowest BCUT2D eigenvalue weighted by Crippen LogP contribution is -2.39. The van der Waals surface area contributed by atoms with Crippen molar-refractivity contribution in [3.05, 3.63) is 23.3 Å². The summed E-state index contributed by atoms with van der Waals surface area (Å²) in [4.78, 5) is 0.215. The molecule has 0 amide bonds. The van der Waals surface area contributed by atoms with Crippen LogP contribution >= 0.6 is 0 Å². The Morgan fingerprint density at radius 3 is 2.58 bits per heavy atom. The molecule has 106 valence electrons. The summed E-state index contributed by atoms with van der Waals surface area (Å²) in [6.45, 7) is 6.19. The van der Waals surface area contributed by atoms with Gasteiger partial charge in [-0.3, -0.25) is 0 Å². The van der Waals surface area contributed by atoms with Gasteiger partial charge in [-0.05, 0) is 50.5 Å². The highest BCUT2D eigenvalue weighted by Gasteiger charge is 2.29. The molecule has 5 nitrogen and oxygen atoms in total. The summed E-state index contributed by atoms with van der Waals surface area (Å²) < 4.78 is 32.7. The highest BCUT2D eigenvalue weighted by Crippen LogP contribution is 2.23. The lowest BCUT2D eigenvalue weighted by atomic mass is 10.1. The van der Waals surface area contributed by atoms with E-state index in [-0.39, 0.29) is 17.0 Å². The quantitative estimate of drug-likeness (QED) is 0.821. The molecule has 1 heterocycles. The van der Waals surface area contributed by atoms with Crippen LogP contribution in [0.5, 0.6) is 0 Å². The van der Waals surface area contributed by atoms with Crippen molar-refractivity contribution < 1.29 is 13.2 Å². The predicted molar refractivity (Wildman–Crippen MR) is 74.5 cm³/mol. The van der Waals surface area contributed by atoms with Crippen molar-refractivity contribution in [2.75, 3.05) is 12.3 Å². The molecule has 2 rings (SSSR count). The van der Waals surface area contributed by atoms with Crippen LogP contribution in [0.15, 0.2) is 17.0 Å². The Hall–Kier alpha value is -1.11. The van der Waals surface area contributed by atoms with Gasteiger partial charge in [0.2, 0.25) is 10.0 Å². The van der Waals surface area contributed by atoms with Gasteiger partial charge in [-0.15, -0.1) is 0 Å². The largest absolute Gasteiger partial charge is 0.398 e. The molecule has 0 radical (unpaired) electrons. The third-order valence-corrected chi connectivity index (χ3v) is 5.14. The number of aryl methyl sites for hydroxylation is 1.